The third-order valence-electron chi connectivity index (χ3n) is 3.15. The Morgan fingerprint density at radius 3 is 1.60 bits per heavy atom. The molecule has 0 radical (unpaired) electrons. The average molecular weight is 460 g/mol. The number of carbonyl (C=O) groups excluding carboxylic acids is 1. The number of hydrogen-bond acceptors (Lipinski definition) is 6. The van der Waals surface area contributed by atoms with Gasteiger partial charge >= 0.3 is 7.60 Å². The van der Waals surface area contributed by atoms with Gasteiger partial charge in [0.2, 0.25) is 0 Å². The summed E-state index contributed by atoms with van der Waals surface area (Å²) in [6.45, 7) is 18.9. The molecule has 0 fully saturated rings. The minimum atomic E-state index is -3.53. The van der Waals surface area contributed by atoms with Crippen molar-refractivity contribution < 1.29 is 44.3 Å². The molecule has 25 heavy (non-hydrogen) atoms. The van der Waals surface area contributed by atoms with Gasteiger partial charge in [0.15, 0.2) is 0 Å². The number of hydroxylamine groups is 2. The molecule has 150 valence electrons. The second-order valence-corrected chi connectivity index (χ2v) is 10.4. The van der Waals surface area contributed by atoms with E-state index in [9.17, 15) is 9.36 Å². The maximum Gasteiger partial charge on any atom is 0.350 e. The Morgan fingerprint density at radius 1 is 0.960 bits per heavy atom. The normalized spacial score (nSPS) is 15.0. The van der Waals surface area contributed by atoms with Crippen LogP contribution in [0.1, 0.15) is 69.2 Å². The van der Waals surface area contributed by atoms with Crippen LogP contribution in [-0.2, 0) is 44.3 Å². The first-order valence-electron chi connectivity index (χ1n) is 8.41. The summed E-state index contributed by atoms with van der Waals surface area (Å²) < 4.78 is 24.7. The summed E-state index contributed by atoms with van der Waals surface area (Å²) in [5.74, 6) is -0.697. The van der Waals surface area contributed by atoms with Crippen molar-refractivity contribution in [2.75, 3.05) is 13.2 Å². The summed E-state index contributed by atoms with van der Waals surface area (Å²) in [5, 5.41) is 1.59. The van der Waals surface area contributed by atoms with Crippen LogP contribution < -0.4 is 0 Å². The summed E-state index contributed by atoms with van der Waals surface area (Å²) in [5.41, 5.74) is -2.22. The van der Waals surface area contributed by atoms with Crippen LogP contribution in [0.5, 0.6) is 0 Å². The minimum Gasteiger partial charge on any atom is -0.539 e. The van der Waals surface area contributed by atoms with Crippen molar-refractivity contribution in [1.29, 1.82) is 0 Å². The molecule has 0 rings (SSSR count). The predicted molar refractivity (Wildman–Crippen MR) is 96.6 cm³/mol. The molecule has 0 aromatic carbocycles. The Kier molecular flexibility index (Phi) is 11.2. The molecule has 0 aliphatic rings. The molecule has 0 heterocycles. The van der Waals surface area contributed by atoms with Crippen molar-refractivity contribution in [2.24, 2.45) is 5.41 Å². The Balaban J connectivity index is 0. The Morgan fingerprint density at radius 2 is 1.36 bits per heavy atom. The quantitative estimate of drug-likeness (QED) is 0.218. The Labute approximate surface area is 168 Å². The monoisotopic (exact) mass is 462 g/mol. The van der Waals surface area contributed by atoms with E-state index in [0.717, 1.165) is 0 Å². The summed E-state index contributed by atoms with van der Waals surface area (Å²) in [4.78, 5) is 17.2. The van der Waals surface area contributed by atoms with Crippen LogP contribution in [0.25, 0.3) is 0 Å². The van der Waals surface area contributed by atoms with E-state index in [-0.39, 0.29) is 34.3 Å². The van der Waals surface area contributed by atoms with Crippen molar-refractivity contribution >= 4 is 13.9 Å². The molecule has 0 aromatic heterocycles. The molecule has 0 amide bonds. The zero-order valence-electron chi connectivity index (χ0n) is 17.3. The SMILES string of the molecule is CCOP(=O)(OCC)C(N(OC(C)(C)[C-]=O)C(C)(C)C)C(C)(C)C.[Mo]. The van der Waals surface area contributed by atoms with Gasteiger partial charge < -0.3 is 18.7 Å². The van der Waals surface area contributed by atoms with Crippen LogP contribution >= 0.6 is 7.60 Å². The van der Waals surface area contributed by atoms with E-state index >= 15 is 0 Å². The molecular formula is C17H35MoNO5P-. The van der Waals surface area contributed by atoms with E-state index in [0.29, 0.717) is 0 Å². The molecule has 8 heteroatoms. The van der Waals surface area contributed by atoms with Gasteiger partial charge in [0, 0.05) is 26.6 Å². The molecule has 0 N–H and O–H groups in total. The first kappa shape index (κ1) is 27.6. The second kappa shape index (κ2) is 10.1. The van der Waals surface area contributed by atoms with Crippen LogP contribution in [0.3, 0.4) is 0 Å². The molecule has 0 aliphatic heterocycles. The van der Waals surface area contributed by atoms with Crippen LogP contribution in [0.15, 0.2) is 0 Å². The second-order valence-electron chi connectivity index (χ2n) is 8.32. The molecule has 0 bridgehead atoms. The molecule has 0 saturated carbocycles. The first-order valence-corrected chi connectivity index (χ1v) is 10.0. The molecule has 1 atom stereocenters. The minimum absolute atomic E-state index is 0. The number of hydrogen-bond donors (Lipinski definition) is 0. The maximum atomic E-state index is 13.6. The molecule has 0 saturated heterocycles. The molecule has 0 aromatic rings. The van der Waals surface area contributed by atoms with E-state index in [4.69, 9.17) is 13.9 Å². The maximum absolute atomic E-state index is 13.6. The van der Waals surface area contributed by atoms with Crippen molar-refractivity contribution in [3.63, 3.8) is 0 Å². The fourth-order valence-corrected chi connectivity index (χ4v) is 4.99. The van der Waals surface area contributed by atoms with Crippen molar-refractivity contribution in [3.8, 4) is 0 Å². The standard InChI is InChI=1S/C17H35NO5P.Mo/c1-11-21-24(20,22-12-2)14(15(3,4)5)18(16(6,7)8)23-17(9,10)13-19;/h14H,11-12H2,1-10H3;/q-1;. The molecule has 0 spiro atoms. The Bertz CT molecular complexity index is 447. The summed E-state index contributed by atoms with van der Waals surface area (Å²) in [6, 6.07) is 0. The summed E-state index contributed by atoms with van der Waals surface area (Å²) in [6.07, 6.45) is 1.88. The molecular weight excluding hydrogens is 425 g/mol. The summed E-state index contributed by atoms with van der Waals surface area (Å²) in [7, 11) is -3.53. The third-order valence-corrected chi connectivity index (χ3v) is 5.97. The molecule has 0 aliphatic carbocycles. The first-order chi connectivity index (χ1) is 10.6. The summed E-state index contributed by atoms with van der Waals surface area (Å²) >= 11 is 0. The van der Waals surface area contributed by atoms with E-state index in [2.05, 4.69) is 0 Å². The van der Waals surface area contributed by atoms with E-state index in [1.807, 2.05) is 47.8 Å². The average Bonchev–Trinajstić information content (AvgIpc) is 2.35. The van der Waals surface area contributed by atoms with E-state index < -0.39 is 29.9 Å². The predicted octanol–water partition coefficient (Wildman–Crippen LogP) is 4.54. The van der Waals surface area contributed by atoms with E-state index in [1.54, 1.807) is 32.8 Å². The van der Waals surface area contributed by atoms with Gasteiger partial charge in [-0.25, -0.2) is 6.29 Å². The zero-order valence-corrected chi connectivity index (χ0v) is 20.2. The van der Waals surface area contributed by atoms with Gasteiger partial charge in [-0.15, -0.1) is 0 Å². The van der Waals surface area contributed by atoms with E-state index in [1.165, 1.54) is 0 Å². The van der Waals surface area contributed by atoms with Crippen LogP contribution in [-0.4, -0.2) is 41.5 Å². The third kappa shape index (κ3) is 8.32. The van der Waals surface area contributed by atoms with Gasteiger partial charge in [0.25, 0.3) is 0 Å². The molecule has 6 nitrogen and oxygen atoms in total. The largest absolute Gasteiger partial charge is 0.539 e. The fraction of sp³-hybridized carbons (Fsp3) is 0.941. The Hall–Kier alpha value is 0.428. The van der Waals surface area contributed by atoms with Crippen LogP contribution in [0.2, 0.25) is 0 Å². The van der Waals surface area contributed by atoms with Crippen molar-refractivity contribution in [1.82, 2.24) is 5.06 Å². The van der Waals surface area contributed by atoms with Gasteiger partial charge in [-0.05, 0) is 45.6 Å². The van der Waals surface area contributed by atoms with Gasteiger partial charge in [-0.3, -0.25) is 4.57 Å². The van der Waals surface area contributed by atoms with Gasteiger partial charge in [0.1, 0.15) is 5.78 Å². The van der Waals surface area contributed by atoms with Gasteiger partial charge in [-0.2, -0.15) is 5.06 Å². The number of rotatable bonds is 9. The zero-order chi connectivity index (χ0) is 19.4. The van der Waals surface area contributed by atoms with Crippen LogP contribution in [0.4, 0.5) is 0 Å². The smallest absolute Gasteiger partial charge is 0.350 e. The molecule has 1 unspecified atom stereocenters. The van der Waals surface area contributed by atoms with Crippen LogP contribution in [0, 0.1) is 5.41 Å². The topological polar surface area (TPSA) is 65.1 Å². The van der Waals surface area contributed by atoms with Crippen molar-refractivity contribution in [2.45, 2.75) is 86.2 Å². The van der Waals surface area contributed by atoms with Crippen molar-refractivity contribution in [3.05, 3.63) is 0 Å². The fourth-order valence-electron chi connectivity index (χ4n) is 2.31. The van der Waals surface area contributed by atoms with Gasteiger partial charge in [0.05, 0.1) is 13.2 Å². The number of nitrogens with zero attached hydrogens (tertiary/aromatic N) is 1. The van der Waals surface area contributed by atoms with Gasteiger partial charge in [-0.1, -0.05) is 34.6 Å².